The molecule has 0 amide bonds. The third-order valence-electron chi connectivity index (χ3n) is 20.0. The predicted molar refractivity (Wildman–Crippen MR) is 387 cm³/mol. The van der Waals surface area contributed by atoms with Crippen molar-refractivity contribution in [3.63, 3.8) is 0 Å². The summed E-state index contributed by atoms with van der Waals surface area (Å²) in [5.41, 5.74) is 25.1. The Morgan fingerprint density at radius 1 is 0.223 bits per heavy atom. The van der Waals surface area contributed by atoms with E-state index in [1.54, 1.807) is 24.3 Å². The molecule has 4 aliphatic carbocycles. The van der Waals surface area contributed by atoms with Gasteiger partial charge in [-0.2, -0.15) is 0 Å². The van der Waals surface area contributed by atoms with Crippen LogP contribution >= 0.6 is 0 Å². The van der Waals surface area contributed by atoms with Gasteiger partial charge in [0.15, 0.2) is 0 Å². The lowest BCUT2D eigenvalue weighted by molar-refractivity contribution is 0.362. The summed E-state index contributed by atoms with van der Waals surface area (Å²) in [6.07, 6.45) is 7.04. The minimum Gasteiger partial charge on any atom is -0.490 e. The average Bonchev–Trinajstić information content (AvgIpc) is 1.53. The second-order valence-electron chi connectivity index (χ2n) is 24.6. The maximum atomic E-state index is 5.76. The van der Waals surface area contributed by atoms with Gasteiger partial charge in [-0.15, -0.1) is 0 Å². The molecule has 0 saturated carbocycles. The summed E-state index contributed by atoms with van der Waals surface area (Å²) >= 11 is 0. The molecular formula is C90H74O4. The number of ether oxygens (including phenoxy) is 4. The summed E-state index contributed by atoms with van der Waals surface area (Å²) in [6.45, 7) is 21.8. The Morgan fingerprint density at radius 2 is 0.383 bits per heavy atom. The van der Waals surface area contributed by atoms with Crippen molar-refractivity contribution in [2.24, 2.45) is 0 Å². The highest BCUT2D eigenvalue weighted by molar-refractivity contribution is 5.90. The van der Waals surface area contributed by atoms with Crippen LogP contribution in [0.3, 0.4) is 0 Å². The fraction of sp³-hybridized carbons (Fsp3) is 0.111. The van der Waals surface area contributed by atoms with E-state index in [9.17, 15) is 0 Å². The molecule has 0 aliphatic heterocycles. The maximum absolute atomic E-state index is 5.76. The Hall–Kier alpha value is -11.2. The molecule has 4 heteroatoms. The highest BCUT2D eigenvalue weighted by Crippen LogP contribution is 2.65. The van der Waals surface area contributed by atoms with E-state index in [0.29, 0.717) is 26.4 Å². The molecule has 0 bridgehead atoms. The third-order valence-corrected chi connectivity index (χ3v) is 20.0. The highest BCUT2D eigenvalue weighted by atomic mass is 16.5. The molecule has 16 rings (SSSR count). The van der Waals surface area contributed by atoms with E-state index < -0.39 is 10.8 Å². The zero-order valence-corrected chi connectivity index (χ0v) is 53.3. The number of hydrogen-bond acceptors (Lipinski definition) is 4. The fourth-order valence-corrected chi connectivity index (χ4v) is 15.9. The van der Waals surface area contributed by atoms with Crippen LogP contribution in [-0.2, 0) is 21.7 Å². The monoisotopic (exact) mass is 1220 g/mol. The Kier molecular flexibility index (Phi) is 16.4. The maximum Gasteiger partial charge on any atom is 0.119 e. The minimum atomic E-state index is -0.429. The Balaban J connectivity index is 0.000000122. The molecule has 0 fully saturated rings. The SMILES string of the molecule is C=CCOc1ccc(C2(c3ccc(OCC=C)cc3)c3ccccc3-c3ccccc32)cc1.C=CCOc1ccc(C2(c3ccc(OCC=C)cc3)c3ccccc3-c3ccccc32)cc1.CC1(C2(C)c3ccccc3-c3ccccc32)c2ccccc2-c2ccccc21. The zero-order valence-electron chi connectivity index (χ0n) is 53.3. The van der Waals surface area contributed by atoms with Gasteiger partial charge in [0.2, 0.25) is 0 Å². The van der Waals surface area contributed by atoms with Crippen LogP contribution in [0.25, 0.3) is 44.5 Å². The van der Waals surface area contributed by atoms with Gasteiger partial charge in [0.1, 0.15) is 49.4 Å². The molecule has 12 aromatic carbocycles. The van der Waals surface area contributed by atoms with E-state index in [1.165, 1.54) is 111 Å². The van der Waals surface area contributed by atoms with Crippen molar-refractivity contribution < 1.29 is 18.9 Å². The molecular weight excluding hydrogens is 1140 g/mol. The van der Waals surface area contributed by atoms with Gasteiger partial charge < -0.3 is 18.9 Å². The number of rotatable bonds is 17. The van der Waals surface area contributed by atoms with Crippen molar-refractivity contribution in [3.8, 4) is 67.5 Å². The van der Waals surface area contributed by atoms with E-state index in [2.05, 4.69) is 283 Å². The van der Waals surface area contributed by atoms with Gasteiger partial charge in [0.05, 0.1) is 10.8 Å². The third kappa shape index (κ3) is 9.74. The first-order valence-corrected chi connectivity index (χ1v) is 32.4. The Morgan fingerprint density at radius 3 is 0.564 bits per heavy atom. The lowest BCUT2D eigenvalue weighted by Gasteiger charge is -2.45. The Labute approximate surface area is 553 Å². The molecule has 0 unspecified atom stereocenters. The van der Waals surface area contributed by atoms with Crippen molar-refractivity contribution in [2.75, 3.05) is 26.4 Å². The van der Waals surface area contributed by atoms with E-state index in [1.807, 2.05) is 48.5 Å². The lowest BCUT2D eigenvalue weighted by Crippen LogP contribution is -2.44. The molecule has 0 radical (unpaired) electrons. The summed E-state index contributed by atoms with van der Waals surface area (Å²) < 4.78 is 23.0. The van der Waals surface area contributed by atoms with Crippen LogP contribution in [-0.4, -0.2) is 26.4 Å². The molecule has 458 valence electrons. The zero-order chi connectivity index (χ0) is 64.3. The second kappa shape index (κ2) is 25.5. The standard InChI is InChI=1S/2C31H26O2.C28H22/c2*1-3-21-32-25-17-13-23(14-18-25)31(24-15-19-26(20-16-24)33-22-4-2)29-11-7-5-9-27(29)28-10-6-8-12-30(28)31;1-27(23-15-7-3-11-19(23)20-12-4-8-16-24(20)27)28(2)25-17-9-5-13-21(25)22-14-6-10-18-26(22)28/h2*3-20H,1-2,21-22H2;3-18H,1-2H3. The van der Waals surface area contributed by atoms with Gasteiger partial charge in [0.25, 0.3) is 0 Å². The summed E-state index contributed by atoms with van der Waals surface area (Å²) in [5.74, 6) is 3.34. The smallest absolute Gasteiger partial charge is 0.119 e. The first-order chi connectivity index (χ1) is 46.2. The molecule has 4 aliphatic rings. The first-order valence-electron chi connectivity index (χ1n) is 32.4. The van der Waals surface area contributed by atoms with Gasteiger partial charge in [-0.05, 0) is 160 Å². The van der Waals surface area contributed by atoms with Crippen LogP contribution < -0.4 is 18.9 Å². The van der Waals surface area contributed by atoms with Crippen molar-refractivity contribution >= 4 is 0 Å². The van der Waals surface area contributed by atoms with Crippen LogP contribution in [0.15, 0.2) is 342 Å². The van der Waals surface area contributed by atoms with Gasteiger partial charge >= 0.3 is 0 Å². The number of benzene rings is 12. The van der Waals surface area contributed by atoms with Gasteiger partial charge in [0, 0.05) is 10.8 Å². The molecule has 0 saturated heterocycles. The number of fused-ring (bicyclic) bond motifs is 12. The largest absolute Gasteiger partial charge is 0.490 e. The normalized spacial score (nSPS) is 14.1. The minimum absolute atomic E-state index is 0.136. The van der Waals surface area contributed by atoms with Crippen LogP contribution in [0.5, 0.6) is 23.0 Å². The predicted octanol–water partition coefficient (Wildman–Crippen LogP) is 21.3. The van der Waals surface area contributed by atoms with Gasteiger partial charge in [-0.3, -0.25) is 0 Å². The summed E-state index contributed by atoms with van der Waals surface area (Å²) in [5, 5.41) is 0. The molecule has 0 atom stereocenters. The van der Waals surface area contributed by atoms with Crippen molar-refractivity contribution in [2.45, 2.75) is 35.5 Å². The first kappa shape index (κ1) is 60.4. The second-order valence-corrected chi connectivity index (χ2v) is 24.6. The van der Waals surface area contributed by atoms with Crippen LogP contribution in [0.1, 0.15) is 80.6 Å². The Bertz CT molecular complexity index is 4180. The average molecular weight is 1220 g/mol. The van der Waals surface area contributed by atoms with E-state index >= 15 is 0 Å². The lowest BCUT2D eigenvalue weighted by atomic mass is 9.56. The van der Waals surface area contributed by atoms with Gasteiger partial charge in [-0.25, -0.2) is 0 Å². The van der Waals surface area contributed by atoms with Gasteiger partial charge in [-0.1, -0.05) is 307 Å². The van der Waals surface area contributed by atoms with E-state index in [0.717, 1.165) is 23.0 Å². The topological polar surface area (TPSA) is 36.9 Å². The highest BCUT2D eigenvalue weighted by Gasteiger charge is 2.57. The van der Waals surface area contributed by atoms with Crippen LogP contribution in [0.4, 0.5) is 0 Å². The molecule has 0 aromatic heterocycles. The molecule has 0 N–H and O–H groups in total. The fourth-order valence-electron chi connectivity index (χ4n) is 15.9. The van der Waals surface area contributed by atoms with Crippen LogP contribution in [0, 0.1) is 0 Å². The molecule has 94 heavy (non-hydrogen) atoms. The van der Waals surface area contributed by atoms with Crippen molar-refractivity contribution in [1.82, 2.24) is 0 Å². The number of hydrogen-bond donors (Lipinski definition) is 0. The van der Waals surface area contributed by atoms with Crippen molar-refractivity contribution in [3.05, 3.63) is 409 Å². The molecule has 12 aromatic rings. The molecule has 0 spiro atoms. The van der Waals surface area contributed by atoms with E-state index in [-0.39, 0.29) is 10.8 Å². The van der Waals surface area contributed by atoms with Crippen molar-refractivity contribution in [1.29, 1.82) is 0 Å². The quantitative estimate of drug-likeness (QED) is 0.0852. The summed E-state index contributed by atoms with van der Waals surface area (Å²) in [6, 6.07) is 105. The molecule has 0 heterocycles. The van der Waals surface area contributed by atoms with Crippen LogP contribution in [0.2, 0.25) is 0 Å². The summed E-state index contributed by atoms with van der Waals surface area (Å²) in [7, 11) is 0. The van der Waals surface area contributed by atoms with E-state index in [4.69, 9.17) is 18.9 Å². The summed E-state index contributed by atoms with van der Waals surface area (Å²) in [4.78, 5) is 0. The molecule has 4 nitrogen and oxygen atoms in total.